The van der Waals surface area contributed by atoms with E-state index in [1.807, 2.05) is 0 Å². The third-order valence-electron chi connectivity index (χ3n) is 16.0. The molecular formula is C75H136O6. The number of esters is 3. The van der Waals surface area contributed by atoms with Crippen molar-refractivity contribution in [2.75, 3.05) is 13.2 Å². The first-order valence-electron chi connectivity index (χ1n) is 35.8. The first-order chi connectivity index (χ1) is 40.0. The van der Waals surface area contributed by atoms with Crippen molar-refractivity contribution in [3.8, 4) is 0 Å². The Morgan fingerprint density at radius 1 is 0.247 bits per heavy atom. The molecule has 0 saturated carbocycles. The summed E-state index contributed by atoms with van der Waals surface area (Å²) in [6.45, 7) is 6.62. The van der Waals surface area contributed by atoms with Gasteiger partial charge in [-0.05, 0) is 103 Å². The van der Waals surface area contributed by atoms with Gasteiger partial charge in [0.15, 0.2) is 6.10 Å². The summed E-state index contributed by atoms with van der Waals surface area (Å²) >= 11 is 0. The van der Waals surface area contributed by atoms with Crippen molar-refractivity contribution in [2.45, 2.75) is 386 Å². The van der Waals surface area contributed by atoms with Crippen molar-refractivity contribution >= 4 is 17.9 Å². The van der Waals surface area contributed by atoms with Gasteiger partial charge in [0.25, 0.3) is 0 Å². The average molecular weight is 1130 g/mol. The fraction of sp³-hybridized carbons (Fsp3) is 0.827. The Morgan fingerprint density at radius 2 is 0.457 bits per heavy atom. The van der Waals surface area contributed by atoms with Crippen molar-refractivity contribution in [3.63, 3.8) is 0 Å². The second-order valence-electron chi connectivity index (χ2n) is 24.1. The average Bonchev–Trinajstić information content (AvgIpc) is 3.47. The van der Waals surface area contributed by atoms with Crippen LogP contribution in [-0.2, 0) is 28.6 Å². The maximum absolute atomic E-state index is 12.9. The fourth-order valence-electron chi connectivity index (χ4n) is 10.5. The van der Waals surface area contributed by atoms with Crippen LogP contribution < -0.4 is 0 Å². The van der Waals surface area contributed by atoms with E-state index >= 15 is 0 Å². The van der Waals surface area contributed by atoms with E-state index in [4.69, 9.17) is 14.2 Å². The van der Waals surface area contributed by atoms with Gasteiger partial charge < -0.3 is 14.2 Å². The molecule has 1 atom stereocenters. The van der Waals surface area contributed by atoms with Gasteiger partial charge in [0.2, 0.25) is 0 Å². The van der Waals surface area contributed by atoms with Crippen LogP contribution in [0.25, 0.3) is 0 Å². The second kappa shape index (κ2) is 69.6. The third-order valence-corrected chi connectivity index (χ3v) is 16.0. The Labute approximate surface area is 504 Å². The van der Waals surface area contributed by atoms with Gasteiger partial charge in [-0.15, -0.1) is 0 Å². The summed E-state index contributed by atoms with van der Waals surface area (Å²) < 4.78 is 16.9. The van der Waals surface area contributed by atoms with E-state index in [9.17, 15) is 14.4 Å². The second-order valence-corrected chi connectivity index (χ2v) is 24.1. The summed E-state index contributed by atoms with van der Waals surface area (Å²) in [5, 5.41) is 0. The largest absolute Gasteiger partial charge is 0.462 e. The van der Waals surface area contributed by atoms with Gasteiger partial charge in [-0.1, -0.05) is 319 Å². The smallest absolute Gasteiger partial charge is 0.306 e. The molecule has 0 aromatic rings. The van der Waals surface area contributed by atoms with E-state index in [2.05, 4.69) is 81.5 Å². The minimum absolute atomic E-state index is 0.0792. The van der Waals surface area contributed by atoms with Crippen LogP contribution in [0.4, 0.5) is 0 Å². The highest BCUT2D eigenvalue weighted by atomic mass is 16.6. The van der Waals surface area contributed by atoms with Crippen molar-refractivity contribution in [1.29, 1.82) is 0 Å². The van der Waals surface area contributed by atoms with Crippen LogP contribution in [0.5, 0.6) is 0 Å². The molecular weight excluding hydrogens is 997 g/mol. The number of carbonyl (C=O) groups is 3. The lowest BCUT2D eigenvalue weighted by molar-refractivity contribution is -0.167. The first-order valence-corrected chi connectivity index (χ1v) is 35.8. The Hall–Kier alpha value is -2.89. The van der Waals surface area contributed by atoms with Crippen LogP contribution >= 0.6 is 0 Å². The minimum Gasteiger partial charge on any atom is -0.462 e. The molecule has 0 bridgehead atoms. The highest BCUT2D eigenvalue weighted by molar-refractivity contribution is 5.71. The predicted molar refractivity (Wildman–Crippen MR) is 353 cm³/mol. The number of ether oxygens (including phenoxy) is 3. The number of allylic oxidation sites excluding steroid dienone is 10. The number of hydrogen-bond donors (Lipinski definition) is 0. The maximum Gasteiger partial charge on any atom is 0.306 e. The van der Waals surface area contributed by atoms with Crippen LogP contribution in [0.15, 0.2) is 60.8 Å². The summed E-state index contributed by atoms with van der Waals surface area (Å²) in [6.07, 6.45) is 89.8. The molecule has 0 aliphatic carbocycles. The summed E-state index contributed by atoms with van der Waals surface area (Å²) in [5.41, 5.74) is 0. The van der Waals surface area contributed by atoms with Gasteiger partial charge in [-0.2, -0.15) is 0 Å². The number of rotatable bonds is 66. The van der Waals surface area contributed by atoms with Crippen LogP contribution in [0.3, 0.4) is 0 Å². The quantitative estimate of drug-likeness (QED) is 0.0261. The summed E-state index contributed by atoms with van der Waals surface area (Å²) in [6, 6.07) is 0. The van der Waals surface area contributed by atoms with E-state index in [-0.39, 0.29) is 31.1 Å². The molecule has 0 aromatic carbocycles. The molecule has 0 spiro atoms. The van der Waals surface area contributed by atoms with E-state index in [0.717, 1.165) is 89.9 Å². The van der Waals surface area contributed by atoms with Crippen LogP contribution in [-0.4, -0.2) is 37.2 Å². The molecule has 0 amide bonds. The number of hydrogen-bond acceptors (Lipinski definition) is 6. The highest BCUT2D eigenvalue weighted by Crippen LogP contribution is 2.18. The lowest BCUT2D eigenvalue weighted by Crippen LogP contribution is -2.30. The summed E-state index contributed by atoms with van der Waals surface area (Å²) in [5.74, 6) is -0.882. The molecule has 0 radical (unpaired) electrons. The fourth-order valence-corrected chi connectivity index (χ4v) is 10.5. The Balaban J connectivity index is 4.16. The molecule has 81 heavy (non-hydrogen) atoms. The van der Waals surface area contributed by atoms with Crippen molar-refractivity contribution in [2.24, 2.45) is 0 Å². The van der Waals surface area contributed by atoms with Gasteiger partial charge >= 0.3 is 17.9 Å². The SMILES string of the molecule is CCCC/C=C\CCCCCCCC(=O)OCC(COC(=O)CCCCCCCCCCCCCCCCCCCCC/C=C\CCCCCCCCCC)OC(=O)CCCCCCCC/C=C\C/C=C\C/C=C\CCCCCCC. The monoisotopic (exact) mass is 1130 g/mol. The minimum atomic E-state index is -0.784. The van der Waals surface area contributed by atoms with E-state index in [1.165, 1.54) is 250 Å². The molecule has 0 aliphatic rings. The first kappa shape index (κ1) is 78.1. The zero-order chi connectivity index (χ0) is 58.5. The molecule has 0 saturated heterocycles. The van der Waals surface area contributed by atoms with E-state index < -0.39 is 6.10 Å². The highest BCUT2D eigenvalue weighted by Gasteiger charge is 2.19. The molecule has 472 valence electrons. The molecule has 1 unspecified atom stereocenters. The Bertz CT molecular complexity index is 1440. The molecule has 6 heteroatoms. The van der Waals surface area contributed by atoms with Gasteiger partial charge in [0.05, 0.1) is 0 Å². The van der Waals surface area contributed by atoms with Gasteiger partial charge in [-0.3, -0.25) is 14.4 Å². The van der Waals surface area contributed by atoms with Crippen LogP contribution in [0, 0.1) is 0 Å². The molecule has 6 nitrogen and oxygen atoms in total. The number of carbonyl (C=O) groups excluding carboxylic acids is 3. The lowest BCUT2D eigenvalue weighted by Gasteiger charge is -2.18. The van der Waals surface area contributed by atoms with Gasteiger partial charge in [0.1, 0.15) is 13.2 Å². The normalized spacial score (nSPS) is 12.4. The van der Waals surface area contributed by atoms with Gasteiger partial charge in [-0.25, -0.2) is 0 Å². The Morgan fingerprint density at radius 3 is 0.741 bits per heavy atom. The topological polar surface area (TPSA) is 78.9 Å². The molecule has 0 N–H and O–H groups in total. The van der Waals surface area contributed by atoms with Crippen LogP contribution in [0.2, 0.25) is 0 Å². The molecule has 0 fully saturated rings. The lowest BCUT2D eigenvalue weighted by atomic mass is 10.0. The third kappa shape index (κ3) is 67.8. The van der Waals surface area contributed by atoms with Crippen molar-refractivity contribution in [1.82, 2.24) is 0 Å². The Kier molecular flexibility index (Phi) is 67.1. The zero-order valence-corrected chi connectivity index (χ0v) is 54.3. The van der Waals surface area contributed by atoms with Crippen molar-refractivity contribution in [3.05, 3.63) is 60.8 Å². The van der Waals surface area contributed by atoms with Gasteiger partial charge in [0, 0.05) is 19.3 Å². The number of unbranched alkanes of at least 4 members (excludes halogenated alkanes) is 45. The molecule has 0 heterocycles. The summed E-state index contributed by atoms with van der Waals surface area (Å²) in [4.78, 5) is 38.3. The maximum atomic E-state index is 12.9. The standard InChI is InChI=1S/C75H136O6/c1-4-7-10-13-16-19-22-24-26-28-30-32-33-34-35-36-37-38-39-40-41-43-44-46-48-50-53-56-59-62-65-68-74(77)80-71-72(70-79-73(76)67-64-61-58-55-52-21-18-15-12-9-6-3)81-75(78)69-66-63-60-57-54-51-49-47-45-42-31-29-27-25-23-20-17-14-11-8-5-2/h15,18,23,25,28-31,45,47,72H,4-14,16-17,19-22,24,26-27,32-44,46,48-71H2,1-3H3/b18-15-,25-23-,30-28-,31-29-,47-45-. The molecule has 0 aliphatic heterocycles. The molecule has 0 rings (SSSR count). The van der Waals surface area contributed by atoms with E-state index in [1.54, 1.807) is 0 Å². The van der Waals surface area contributed by atoms with Crippen molar-refractivity contribution < 1.29 is 28.6 Å². The zero-order valence-electron chi connectivity index (χ0n) is 54.3. The molecule has 0 aromatic heterocycles. The summed E-state index contributed by atoms with van der Waals surface area (Å²) in [7, 11) is 0. The van der Waals surface area contributed by atoms with Crippen LogP contribution in [0.1, 0.15) is 380 Å². The predicted octanol–water partition coefficient (Wildman–Crippen LogP) is 24.7. The van der Waals surface area contributed by atoms with E-state index in [0.29, 0.717) is 19.3 Å².